The van der Waals surface area contributed by atoms with Gasteiger partial charge in [0.1, 0.15) is 0 Å². The molecule has 0 fully saturated rings. The van der Waals surface area contributed by atoms with Crippen molar-refractivity contribution in [2.45, 2.75) is 0 Å². The average Bonchev–Trinajstić information content (AvgIpc) is 2.76. The van der Waals surface area contributed by atoms with Crippen molar-refractivity contribution in [1.82, 2.24) is 0 Å². The van der Waals surface area contributed by atoms with Gasteiger partial charge < -0.3 is 18.9 Å². The van der Waals surface area contributed by atoms with Crippen LogP contribution in [0.1, 0.15) is 20.7 Å². The first kappa shape index (κ1) is 23.8. The molecule has 0 saturated carbocycles. The maximum atomic E-state index is 10.6. The van der Waals surface area contributed by atoms with Gasteiger partial charge in [0.2, 0.25) is 0 Å². The summed E-state index contributed by atoms with van der Waals surface area (Å²) in [5.41, 5.74) is -0.694. The number of hydrogen-bond acceptors (Lipinski definition) is 10. The summed E-state index contributed by atoms with van der Waals surface area (Å²) in [7, 11) is 5.50. The summed E-state index contributed by atoms with van der Waals surface area (Å²) >= 11 is 0. The zero-order valence-corrected chi connectivity index (χ0v) is 16.4. The minimum Gasteiger partial charge on any atom is -0.493 e. The van der Waals surface area contributed by atoms with Gasteiger partial charge in [-0.3, -0.25) is 29.8 Å². The third kappa shape index (κ3) is 5.41. The van der Waals surface area contributed by atoms with Crippen molar-refractivity contribution in [1.29, 1.82) is 0 Å². The predicted octanol–water partition coefficient (Wildman–Crippen LogP) is 2.85. The number of carbonyl (C=O) groups excluding carboxylic acids is 2. The second-order valence-electron chi connectivity index (χ2n) is 5.28. The molecule has 0 bridgehead atoms. The molecular weight excluding hydrogens is 404 g/mol. The summed E-state index contributed by atoms with van der Waals surface area (Å²) in [6.45, 7) is 0. The second kappa shape index (κ2) is 10.9. The molecule has 12 nitrogen and oxygen atoms in total. The second-order valence-corrected chi connectivity index (χ2v) is 5.28. The number of rotatable bonds is 8. The number of carbonyl (C=O) groups is 2. The molecule has 0 aromatic heterocycles. The molecule has 0 aliphatic heterocycles. The van der Waals surface area contributed by atoms with E-state index in [1.54, 1.807) is 0 Å². The summed E-state index contributed by atoms with van der Waals surface area (Å²) < 4.78 is 19.6. The summed E-state index contributed by atoms with van der Waals surface area (Å²) in [6, 6.07) is 4.85. The molecule has 0 heterocycles. The van der Waals surface area contributed by atoms with E-state index in [0.717, 1.165) is 12.1 Å². The molecule has 160 valence electrons. The number of hydrogen-bond donors (Lipinski definition) is 0. The van der Waals surface area contributed by atoms with Crippen LogP contribution < -0.4 is 18.9 Å². The summed E-state index contributed by atoms with van der Waals surface area (Å²) in [5.74, 6) is 1.00. The average molecular weight is 422 g/mol. The van der Waals surface area contributed by atoms with Crippen LogP contribution in [-0.2, 0) is 0 Å². The van der Waals surface area contributed by atoms with E-state index >= 15 is 0 Å². The van der Waals surface area contributed by atoms with Gasteiger partial charge in [-0.15, -0.1) is 0 Å². The zero-order valence-electron chi connectivity index (χ0n) is 16.4. The Bertz CT molecular complexity index is 881. The summed E-state index contributed by atoms with van der Waals surface area (Å²) in [6.07, 6.45) is 0.806. The first-order valence-electron chi connectivity index (χ1n) is 7.99. The van der Waals surface area contributed by atoms with Crippen LogP contribution in [0.4, 0.5) is 11.4 Å². The lowest BCUT2D eigenvalue weighted by molar-refractivity contribution is -0.385. The van der Waals surface area contributed by atoms with Gasteiger partial charge in [0.25, 0.3) is 11.4 Å². The standard InChI is InChI=1S/2C9H9NO5/c2*1-14-8-3-6(5-11)7(10(12)13)4-9(8)15-2/h2*3-5H,1-2H3. The Morgan fingerprint density at radius 1 is 0.633 bits per heavy atom. The number of nitro benzene ring substituents is 2. The topological polar surface area (TPSA) is 157 Å². The molecule has 0 amide bonds. The number of aldehydes is 2. The molecule has 0 aliphatic carbocycles. The van der Waals surface area contributed by atoms with Gasteiger partial charge in [-0.2, -0.15) is 0 Å². The van der Waals surface area contributed by atoms with Crippen LogP contribution >= 0.6 is 0 Å². The van der Waals surface area contributed by atoms with E-state index in [0.29, 0.717) is 12.6 Å². The van der Waals surface area contributed by atoms with E-state index in [9.17, 15) is 29.8 Å². The van der Waals surface area contributed by atoms with Gasteiger partial charge >= 0.3 is 0 Å². The molecule has 0 radical (unpaired) electrons. The van der Waals surface area contributed by atoms with Crippen LogP contribution in [0, 0.1) is 20.2 Å². The van der Waals surface area contributed by atoms with Crippen LogP contribution in [0.15, 0.2) is 24.3 Å². The number of benzene rings is 2. The van der Waals surface area contributed by atoms with Gasteiger partial charge in [0, 0.05) is 12.1 Å². The van der Waals surface area contributed by atoms with Crippen molar-refractivity contribution in [2.75, 3.05) is 28.4 Å². The zero-order chi connectivity index (χ0) is 22.8. The van der Waals surface area contributed by atoms with E-state index in [-0.39, 0.29) is 45.5 Å². The molecule has 2 aromatic carbocycles. The highest BCUT2D eigenvalue weighted by atomic mass is 16.6. The Morgan fingerprint density at radius 3 is 1.10 bits per heavy atom. The molecule has 0 atom stereocenters. The normalized spacial score (nSPS) is 9.47. The van der Waals surface area contributed by atoms with E-state index in [1.165, 1.54) is 40.6 Å². The van der Waals surface area contributed by atoms with Crippen LogP contribution in [0.2, 0.25) is 0 Å². The van der Waals surface area contributed by atoms with Gasteiger partial charge in [0.15, 0.2) is 35.6 Å². The molecule has 0 N–H and O–H groups in total. The smallest absolute Gasteiger partial charge is 0.283 e. The molecule has 0 saturated heterocycles. The van der Waals surface area contributed by atoms with Crippen LogP contribution in [-0.4, -0.2) is 50.9 Å². The largest absolute Gasteiger partial charge is 0.493 e. The molecule has 12 heteroatoms. The monoisotopic (exact) mass is 422 g/mol. The van der Waals surface area contributed by atoms with Crippen molar-refractivity contribution in [3.8, 4) is 23.0 Å². The maximum absolute atomic E-state index is 10.6. The molecule has 30 heavy (non-hydrogen) atoms. The highest BCUT2D eigenvalue weighted by molar-refractivity contribution is 5.84. The Balaban J connectivity index is 0.000000300. The first-order chi connectivity index (χ1) is 14.3. The Morgan fingerprint density at radius 2 is 0.900 bits per heavy atom. The van der Waals surface area contributed by atoms with Crippen molar-refractivity contribution in [3.05, 3.63) is 55.6 Å². The van der Waals surface area contributed by atoms with Crippen molar-refractivity contribution < 1.29 is 38.4 Å². The van der Waals surface area contributed by atoms with Crippen molar-refractivity contribution >= 4 is 23.9 Å². The highest BCUT2D eigenvalue weighted by Crippen LogP contribution is 2.34. The number of nitro groups is 2. The van der Waals surface area contributed by atoms with E-state index in [1.807, 2.05) is 0 Å². The number of methoxy groups -OCH3 is 4. The van der Waals surface area contributed by atoms with Gasteiger partial charge in [-0.25, -0.2) is 0 Å². The lowest BCUT2D eigenvalue weighted by Crippen LogP contribution is -1.98. The lowest BCUT2D eigenvalue weighted by Gasteiger charge is -2.07. The predicted molar refractivity (Wildman–Crippen MR) is 103 cm³/mol. The fourth-order valence-corrected chi connectivity index (χ4v) is 2.27. The Hall–Kier alpha value is -4.22. The minimum atomic E-state index is -0.647. The fraction of sp³-hybridized carbons (Fsp3) is 0.222. The minimum absolute atomic E-state index is 0.0438. The Labute approximate surface area is 170 Å². The van der Waals surface area contributed by atoms with Gasteiger partial charge in [0.05, 0.1) is 61.5 Å². The van der Waals surface area contributed by atoms with Crippen LogP contribution in [0.3, 0.4) is 0 Å². The summed E-state index contributed by atoms with van der Waals surface area (Å²) in [4.78, 5) is 41.1. The number of ether oxygens (including phenoxy) is 4. The van der Waals surface area contributed by atoms with Crippen molar-refractivity contribution in [2.24, 2.45) is 0 Å². The SMILES string of the molecule is COc1cc(C=O)c([N+](=O)[O-])cc1OC.COc1cc(C=O)c([N+](=O)[O-])cc1OC. The molecule has 2 rings (SSSR count). The number of nitrogens with zero attached hydrogens (tertiary/aromatic N) is 2. The van der Waals surface area contributed by atoms with Crippen LogP contribution in [0.25, 0.3) is 0 Å². The first-order valence-corrected chi connectivity index (χ1v) is 7.99. The van der Waals surface area contributed by atoms with E-state index < -0.39 is 9.85 Å². The van der Waals surface area contributed by atoms with Crippen LogP contribution in [0.5, 0.6) is 23.0 Å². The Kier molecular flexibility index (Phi) is 8.69. The quantitative estimate of drug-likeness (QED) is 0.352. The molecular formula is C18H18N2O10. The highest BCUT2D eigenvalue weighted by Gasteiger charge is 2.19. The molecule has 0 aliphatic rings. The van der Waals surface area contributed by atoms with E-state index in [2.05, 4.69) is 0 Å². The van der Waals surface area contributed by atoms with Gasteiger partial charge in [-0.1, -0.05) is 0 Å². The fourth-order valence-electron chi connectivity index (χ4n) is 2.27. The third-order valence-electron chi connectivity index (χ3n) is 3.71. The molecule has 0 spiro atoms. The summed E-state index contributed by atoms with van der Waals surface area (Å²) in [5, 5.41) is 21.2. The lowest BCUT2D eigenvalue weighted by atomic mass is 10.1. The van der Waals surface area contributed by atoms with Crippen molar-refractivity contribution in [3.63, 3.8) is 0 Å². The molecule has 0 unspecified atom stereocenters. The molecule has 2 aromatic rings. The maximum Gasteiger partial charge on any atom is 0.283 e. The third-order valence-corrected chi connectivity index (χ3v) is 3.71. The van der Waals surface area contributed by atoms with Gasteiger partial charge in [-0.05, 0) is 0 Å². The van der Waals surface area contributed by atoms with E-state index in [4.69, 9.17) is 18.9 Å².